The fraction of sp³-hybridized carbons (Fsp3) is 0.375. The van der Waals surface area contributed by atoms with Gasteiger partial charge in [0.2, 0.25) is 5.95 Å². The predicted molar refractivity (Wildman–Crippen MR) is 83.2 cm³/mol. The molecular formula is C16H19F2N3O2. The molecule has 1 aromatic carbocycles. The van der Waals surface area contributed by atoms with Crippen LogP contribution in [0.1, 0.15) is 17.0 Å². The normalized spacial score (nSPS) is 10.7. The van der Waals surface area contributed by atoms with Crippen LogP contribution in [0.5, 0.6) is 11.5 Å². The summed E-state index contributed by atoms with van der Waals surface area (Å²) in [6.45, 7) is 1.34. The lowest BCUT2D eigenvalue weighted by atomic mass is 10.2. The van der Waals surface area contributed by atoms with Crippen molar-refractivity contribution in [3.63, 3.8) is 0 Å². The molecule has 0 fully saturated rings. The first-order valence-corrected chi connectivity index (χ1v) is 7.04. The van der Waals surface area contributed by atoms with Gasteiger partial charge < -0.3 is 14.4 Å². The first kappa shape index (κ1) is 16.9. The molecule has 0 radical (unpaired) electrons. The molecule has 0 aliphatic rings. The van der Waals surface area contributed by atoms with E-state index in [4.69, 9.17) is 4.74 Å². The first-order chi connectivity index (χ1) is 10.9. The Balaban J connectivity index is 2.21. The van der Waals surface area contributed by atoms with Gasteiger partial charge in [-0.05, 0) is 37.6 Å². The highest BCUT2D eigenvalue weighted by molar-refractivity contribution is 5.44. The van der Waals surface area contributed by atoms with E-state index in [0.29, 0.717) is 12.5 Å². The maximum atomic E-state index is 12.5. The molecule has 7 heteroatoms. The number of aromatic nitrogens is 2. The van der Waals surface area contributed by atoms with Gasteiger partial charge in [0.05, 0.1) is 7.11 Å². The van der Waals surface area contributed by atoms with Crippen LogP contribution in [0, 0.1) is 13.8 Å². The second-order valence-corrected chi connectivity index (χ2v) is 5.17. The molecule has 0 saturated heterocycles. The minimum atomic E-state index is -2.90. The minimum Gasteiger partial charge on any atom is -0.493 e. The SMILES string of the molecule is COc1ccc(CN(C)c2nc(C)cc(C)n2)cc1OC(F)F. The molecule has 23 heavy (non-hydrogen) atoms. The van der Waals surface area contributed by atoms with Crippen molar-refractivity contribution in [2.24, 2.45) is 0 Å². The third kappa shape index (κ3) is 4.51. The molecule has 0 aliphatic heterocycles. The summed E-state index contributed by atoms with van der Waals surface area (Å²) < 4.78 is 34.5. The zero-order valence-corrected chi connectivity index (χ0v) is 13.5. The number of alkyl halides is 2. The topological polar surface area (TPSA) is 47.5 Å². The van der Waals surface area contributed by atoms with E-state index in [1.54, 1.807) is 12.1 Å². The van der Waals surface area contributed by atoms with E-state index < -0.39 is 6.61 Å². The summed E-state index contributed by atoms with van der Waals surface area (Å²) in [7, 11) is 3.24. The van der Waals surface area contributed by atoms with E-state index in [0.717, 1.165) is 17.0 Å². The molecule has 124 valence electrons. The Bertz CT molecular complexity index is 660. The van der Waals surface area contributed by atoms with Crippen molar-refractivity contribution in [2.45, 2.75) is 27.0 Å². The Labute approximate surface area is 133 Å². The number of hydrogen-bond donors (Lipinski definition) is 0. The summed E-state index contributed by atoms with van der Waals surface area (Å²) >= 11 is 0. The first-order valence-electron chi connectivity index (χ1n) is 7.04. The van der Waals surface area contributed by atoms with Gasteiger partial charge in [-0.2, -0.15) is 8.78 Å². The number of ether oxygens (including phenoxy) is 2. The smallest absolute Gasteiger partial charge is 0.387 e. The lowest BCUT2D eigenvalue weighted by Gasteiger charge is -2.19. The van der Waals surface area contributed by atoms with Gasteiger partial charge in [0.15, 0.2) is 11.5 Å². The summed E-state index contributed by atoms with van der Waals surface area (Å²) in [6, 6.07) is 6.81. The van der Waals surface area contributed by atoms with Crippen molar-refractivity contribution in [3.05, 3.63) is 41.2 Å². The second kappa shape index (κ2) is 7.21. The van der Waals surface area contributed by atoms with E-state index >= 15 is 0 Å². The maximum Gasteiger partial charge on any atom is 0.387 e. The number of rotatable bonds is 6. The summed E-state index contributed by atoms with van der Waals surface area (Å²) in [4.78, 5) is 10.6. The molecule has 0 amide bonds. The average molecular weight is 323 g/mol. The molecule has 0 aliphatic carbocycles. The van der Waals surface area contributed by atoms with Gasteiger partial charge in [0.25, 0.3) is 0 Å². The number of aryl methyl sites for hydroxylation is 2. The fourth-order valence-corrected chi connectivity index (χ4v) is 2.23. The second-order valence-electron chi connectivity index (χ2n) is 5.17. The van der Waals surface area contributed by atoms with Gasteiger partial charge in [-0.25, -0.2) is 9.97 Å². The van der Waals surface area contributed by atoms with Gasteiger partial charge in [0, 0.05) is 25.0 Å². The predicted octanol–water partition coefficient (Wildman–Crippen LogP) is 3.34. The van der Waals surface area contributed by atoms with Crippen molar-refractivity contribution in [2.75, 3.05) is 19.1 Å². The Hall–Kier alpha value is -2.44. The Morgan fingerprint density at radius 2 is 1.74 bits per heavy atom. The molecule has 0 spiro atoms. The standard InChI is InChI=1S/C16H19F2N3O2/c1-10-7-11(2)20-16(19-10)21(3)9-12-5-6-13(22-4)14(8-12)23-15(17)18/h5-8,15H,9H2,1-4H3. The van der Waals surface area contributed by atoms with Crippen LogP contribution in [0.3, 0.4) is 0 Å². The van der Waals surface area contributed by atoms with E-state index in [1.807, 2.05) is 31.9 Å². The molecular weight excluding hydrogens is 304 g/mol. The third-order valence-electron chi connectivity index (χ3n) is 3.18. The number of benzene rings is 1. The number of anilines is 1. The van der Waals surface area contributed by atoms with Crippen LogP contribution in [0.25, 0.3) is 0 Å². The van der Waals surface area contributed by atoms with Crippen molar-refractivity contribution in [1.29, 1.82) is 0 Å². The zero-order chi connectivity index (χ0) is 17.0. The number of methoxy groups -OCH3 is 1. The summed E-state index contributed by atoms with van der Waals surface area (Å²) in [5, 5.41) is 0. The summed E-state index contributed by atoms with van der Waals surface area (Å²) in [6.07, 6.45) is 0. The van der Waals surface area contributed by atoms with Gasteiger partial charge in [-0.3, -0.25) is 0 Å². The van der Waals surface area contributed by atoms with Crippen LogP contribution in [-0.4, -0.2) is 30.7 Å². The van der Waals surface area contributed by atoms with Crippen molar-refractivity contribution in [1.82, 2.24) is 9.97 Å². The molecule has 2 rings (SSSR count). The third-order valence-corrected chi connectivity index (χ3v) is 3.18. The van der Waals surface area contributed by atoms with Crippen LogP contribution in [-0.2, 0) is 6.54 Å². The van der Waals surface area contributed by atoms with E-state index in [1.165, 1.54) is 13.2 Å². The van der Waals surface area contributed by atoms with Gasteiger partial charge in [0.1, 0.15) is 0 Å². The lowest BCUT2D eigenvalue weighted by Crippen LogP contribution is -2.20. The van der Waals surface area contributed by atoms with Gasteiger partial charge in [-0.15, -0.1) is 0 Å². The van der Waals surface area contributed by atoms with E-state index in [2.05, 4.69) is 14.7 Å². The Morgan fingerprint density at radius 1 is 1.09 bits per heavy atom. The average Bonchev–Trinajstić information content (AvgIpc) is 2.46. The number of nitrogens with zero attached hydrogens (tertiary/aromatic N) is 3. The molecule has 0 saturated carbocycles. The van der Waals surface area contributed by atoms with Crippen molar-refractivity contribution in [3.8, 4) is 11.5 Å². The van der Waals surface area contributed by atoms with Crippen LogP contribution < -0.4 is 14.4 Å². The molecule has 5 nitrogen and oxygen atoms in total. The summed E-state index contributed by atoms with van der Waals surface area (Å²) in [5.74, 6) is 0.851. The van der Waals surface area contributed by atoms with Crippen LogP contribution in [0.4, 0.5) is 14.7 Å². The Morgan fingerprint density at radius 3 is 2.30 bits per heavy atom. The van der Waals surface area contributed by atoms with Crippen LogP contribution >= 0.6 is 0 Å². The molecule has 0 bridgehead atoms. The Kier molecular flexibility index (Phi) is 5.31. The molecule has 0 N–H and O–H groups in total. The molecule has 2 aromatic rings. The van der Waals surface area contributed by atoms with Crippen molar-refractivity contribution >= 4 is 5.95 Å². The molecule has 1 heterocycles. The summed E-state index contributed by atoms with van der Waals surface area (Å²) in [5.41, 5.74) is 2.53. The molecule has 0 unspecified atom stereocenters. The van der Waals surface area contributed by atoms with Crippen LogP contribution in [0.15, 0.2) is 24.3 Å². The quantitative estimate of drug-likeness (QED) is 0.816. The zero-order valence-electron chi connectivity index (χ0n) is 13.5. The monoisotopic (exact) mass is 323 g/mol. The number of hydrogen-bond acceptors (Lipinski definition) is 5. The van der Waals surface area contributed by atoms with Gasteiger partial charge in [-0.1, -0.05) is 6.07 Å². The van der Waals surface area contributed by atoms with Crippen LogP contribution in [0.2, 0.25) is 0 Å². The lowest BCUT2D eigenvalue weighted by molar-refractivity contribution is -0.0512. The van der Waals surface area contributed by atoms with Gasteiger partial charge >= 0.3 is 6.61 Å². The largest absolute Gasteiger partial charge is 0.493 e. The van der Waals surface area contributed by atoms with E-state index in [-0.39, 0.29) is 11.5 Å². The highest BCUT2D eigenvalue weighted by Gasteiger charge is 2.13. The molecule has 0 atom stereocenters. The maximum absolute atomic E-state index is 12.5. The highest BCUT2D eigenvalue weighted by Crippen LogP contribution is 2.30. The fourth-order valence-electron chi connectivity index (χ4n) is 2.23. The van der Waals surface area contributed by atoms with E-state index in [9.17, 15) is 8.78 Å². The van der Waals surface area contributed by atoms with Crippen molar-refractivity contribution < 1.29 is 18.3 Å². The minimum absolute atomic E-state index is 0.00902. The number of halogens is 2. The highest BCUT2D eigenvalue weighted by atomic mass is 19.3. The molecule has 1 aromatic heterocycles.